The third kappa shape index (κ3) is 10.1. The lowest BCUT2D eigenvalue weighted by molar-refractivity contribution is -0.147. The molecule has 5 heteroatoms. The third-order valence-corrected chi connectivity index (χ3v) is 10.2. The predicted molar refractivity (Wildman–Crippen MR) is 137 cm³/mol. The lowest BCUT2D eigenvalue weighted by Crippen LogP contribution is -2.24. The van der Waals surface area contributed by atoms with Crippen LogP contribution in [0.25, 0.3) is 0 Å². The van der Waals surface area contributed by atoms with E-state index in [1.54, 1.807) is 0 Å². The van der Waals surface area contributed by atoms with Gasteiger partial charge in [-0.2, -0.15) is 23.5 Å². The van der Waals surface area contributed by atoms with E-state index in [1.165, 1.54) is 51.4 Å². The molecule has 0 aromatic heterocycles. The van der Waals surface area contributed by atoms with E-state index in [2.05, 4.69) is 49.5 Å². The van der Waals surface area contributed by atoms with Gasteiger partial charge in [0.1, 0.15) is 0 Å². The van der Waals surface area contributed by atoms with Gasteiger partial charge in [-0.05, 0) is 70.6 Å². The lowest BCUT2D eigenvalue weighted by atomic mass is 9.87. The Labute approximate surface area is 199 Å². The highest BCUT2D eigenvalue weighted by atomic mass is 32.2. The molecule has 2 rings (SSSR count). The van der Waals surface area contributed by atoms with E-state index in [4.69, 9.17) is 0 Å². The maximum Gasteiger partial charge on any atom is 0.309 e. The molecule has 2 N–H and O–H groups in total. The minimum Gasteiger partial charge on any atom is -0.481 e. The summed E-state index contributed by atoms with van der Waals surface area (Å²) in [7, 11) is 0. The Bertz CT molecular complexity index is 573. The highest BCUT2D eigenvalue weighted by molar-refractivity contribution is 8.01. The van der Waals surface area contributed by atoms with Crippen molar-refractivity contribution in [2.75, 3.05) is 6.61 Å². The largest absolute Gasteiger partial charge is 0.481 e. The van der Waals surface area contributed by atoms with E-state index in [0.29, 0.717) is 15.7 Å². The average Bonchev–Trinajstić information content (AvgIpc) is 2.72. The molecule has 31 heavy (non-hydrogen) atoms. The minimum atomic E-state index is -0.676. The first-order valence-electron chi connectivity index (χ1n) is 12.4. The normalized spacial score (nSPS) is 28.2. The monoisotopic (exact) mass is 470 g/mol. The molecule has 180 valence electrons. The standard InChI is InChI=1S/C26H46O3S2/c1-25(2,19-27)17-7-13-20-9-5-11-22(30-20)15-16-23-12-6-10-21(31-23)14-8-18-26(3,4)24(28)29/h15-16,20-23,27H,5-14,17-19H2,1-4H3,(H,28,29). The smallest absolute Gasteiger partial charge is 0.309 e. The molecule has 2 aliphatic heterocycles. The van der Waals surface area contributed by atoms with Crippen LogP contribution in [-0.2, 0) is 4.79 Å². The van der Waals surface area contributed by atoms with E-state index in [-0.39, 0.29) is 12.0 Å². The van der Waals surface area contributed by atoms with Gasteiger partial charge in [0.05, 0.1) is 5.41 Å². The van der Waals surface area contributed by atoms with Crippen molar-refractivity contribution >= 4 is 29.5 Å². The van der Waals surface area contributed by atoms with Crippen LogP contribution in [0.4, 0.5) is 0 Å². The molecule has 2 heterocycles. The molecule has 0 amide bonds. The van der Waals surface area contributed by atoms with Crippen LogP contribution in [0.2, 0.25) is 0 Å². The van der Waals surface area contributed by atoms with Gasteiger partial charge in [-0.1, -0.05) is 51.7 Å². The summed E-state index contributed by atoms with van der Waals surface area (Å²) in [6.45, 7) is 8.30. The van der Waals surface area contributed by atoms with Crippen molar-refractivity contribution in [3.63, 3.8) is 0 Å². The van der Waals surface area contributed by atoms with Gasteiger partial charge in [-0.3, -0.25) is 4.79 Å². The number of aliphatic carboxylic acids is 1. The molecule has 4 unspecified atom stereocenters. The van der Waals surface area contributed by atoms with Gasteiger partial charge in [0.15, 0.2) is 0 Å². The number of hydrogen-bond donors (Lipinski definition) is 2. The van der Waals surface area contributed by atoms with Gasteiger partial charge in [0.25, 0.3) is 0 Å². The van der Waals surface area contributed by atoms with Crippen LogP contribution in [0.1, 0.15) is 105 Å². The number of aliphatic hydroxyl groups excluding tert-OH is 1. The predicted octanol–water partition coefficient (Wildman–Crippen LogP) is 7.32. The molecule has 0 bridgehead atoms. The summed E-state index contributed by atoms with van der Waals surface area (Å²) in [4.78, 5) is 11.3. The molecular weight excluding hydrogens is 424 g/mol. The summed E-state index contributed by atoms with van der Waals surface area (Å²) in [5.74, 6) is -0.676. The number of thioether (sulfide) groups is 2. The van der Waals surface area contributed by atoms with Crippen LogP contribution in [0.5, 0.6) is 0 Å². The van der Waals surface area contributed by atoms with Crippen molar-refractivity contribution in [3.05, 3.63) is 12.2 Å². The molecular formula is C26H46O3S2. The fraction of sp³-hybridized carbons (Fsp3) is 0.885. The Hall–Kier alpha value is -0.130. The van der Waals surface area contributed by atoms with Crippen LogP contribution in [0, 0.1) is 10.8 Å². The maximum absolute atomic E-state index is 11.3. The Morgan fingerprint density at radius 1 is 0.871 bits per heavy atom. The molecule has 0 aromatic carbocycles. The molecule has 0 aliphatic carbocycles. The fourth-order valence-electron chi connectivity index (χ4n) is 4.58. The zero-order valence-corrected chi connectivity index (χ0v) is 21.9. The van der Waals surface area contributed by atoms with Crippen LogP contribution < -0.4 is 0 Å². The van der Waals surface area contributed by atoms with E-state index < -0.39 is 11.4 Å². The van der Waals surface area contributed by atoms with Crippen molar-refractivity contribution in [2.24, 2.45) is 10.8 Å². The van der Waals surface area contributed by atoms with Crippen LogP contribution in [0.15, 0.2) is 12.2 Å². The van der Waals surface area contributed by atoms with Crippen LogP contribution >= 0.6 is 23.5 Å². The Balaban J connectivity index is 1.71. The quantitative estimate of drug-likeness (QED) is 0.293. The van der Waals surface area contributed by atoms with Gasteiger partial charge >= 0.3 is 5.97 Å². The summed E-state index contributed by atoms with van der Waals surface area (Å²) in [5, 5.41) is 21.5. The Morgan fingerprint density at radius 2 is 1.35 bits per heavy atom. The zero-order valence-electron chi connectivity index (χ0n) is 20.3. The van der Waals surface area contributed by atoms with E-state index >= 15 is 0 Å². The first kappa shape index (κ1) is 27.1. The minimum absolute atomic E-state index is 0.0662. The summed E-state index contributed by atoms with van der Waals surface area (Å²) in [6, 6.07) is 0. The molecule has 2 aliphatic rings. The molecule has 0 saturated carbocycles. The highest BCUT2D eigenvalue weighted by Crippen LogP contribution is 2.39. The molecule has 0 radical (unpaired) electrons. The van der Waals surface area contributed by atoms with Gasteiger partial charge in [-0.15, -0.1) is 0 Å². The summed E-state index contributed by atoms with van der Waals surface area (Å²) < 4.78 is 0. The van der Waals surface area contributed by atoms with Gasteiger partial charge in [0, 0.05) is 27.6 Å². The summed E-state index contributed by atoms with van der Waals surface area (Å²) >= 11 is 4.32. The Morgan fingerprint density at radius 3 is 1.81 bits per heavy atom. The topological polar surface area (TPSA) is 57.5 Å². The fourth-order valence-corrected chi connectivity index (χ4v) is 7.75. The second-order valence-corrected chi connectivity index (χ2v) is 14.2. The van der Waals surface area contributed by atoms with Crippen molar-refractivity contribution in [3.8, 4) is 0 Å². The highest BCUT2D eigenvalue weighted by Gasteiger charge is 2.28. The number of carbonyl (C=O) groups is 1. The number of aliphatic hydroxyl groups is 1. The average molecular weight is 471 g/mol. The second kappa shape index (κ2) is 12.9. The first-order chi connectivity index (χ1) is 14.6. The maximum atomic E-state index is 11.3. The van der Waals surface area contributed by atoms with Gasteiger partial charge in [-0.25, -0.2) is 0 Å². The Kier molecular flexibility index (Phi) is 11.3. The SMILES string of the molecule is CC(C)(CO)CCCC1CCCC(C=CC2CCCC(CCCC(C)(C)C(=O)O)S2)S1. The van der Waals surface area contributed by atoms with Crippen LogP contribution in [-0.4, -0.2) is 43.8 Å². The second-order valence-electron chi connectivity index (χ2n) is 11.1. The number of rotatable bonds is 12. The zero-order chi connectivity index (χ0) is 22.9. The molecule has 4 atom stereocenters. The third-order valence-electron chi connectivity index (χ3n) is 7.02. The molecule has 2 saturated heterocycles. The molecule has 3 nitrogen and oxygen atoms in total. The summed E-state index contributed by atoms with van der Waals surface area (Å²) in [6.07, 6.45) is 19.4. The van der Waals surface area contributed by atoms with Crippen molar-refractivity contribution in [1.82, 2.24) is 0 Å². The van der Waals surface area contributed by atoms with E-state index in [0.717, 1.165) is 30.9 Å². The number of carboxylic acid groups (broad SMARTS) is 1. The van der Waals surface area contributed by atoms with Crippen molar-refractivity contribution in [2.45, 2.75) is 126 Å². The number of hydrogen-bond acceptors (Lipinski definition) is 4. The van der Waals surface area contributed by atoms with Crippen molar-refractivity contribution < 1.29 is 15.0 Å². The lowest BCUT2D eigenvalue weighted by Gasteiger charge is -2.30. The molecule has 2 fully saturated rings. The van der Waals surface area contributed by atoms with Crippen molar-refractivity contribution in [1.29, 1.82) is 0 Å². The van der Waals surface area contributed by atoms with E-state index in [9.17, 15) is 15.0 Å². The van der Waals surface area contributed by atoms with Crippen LogP contribution in [0.3, 0.4) is 0 Å². The van der Waals surface area contributed by atoms with E-state index in [1.807, 2.05) is 13.8 Å². The molecule has 0 spiro atoms. The van der Waals surface area contributed by atoms with Gasteiger partial charge < -0.3 is 10.2 Å². The molecule has 0 aromatic rings. The summed E-state index contributed by atoms with van der Waals surface area (Å²) in [5.41, 5.74) is -0.530. The number of carboxylic acids is 1. The first-order valence-corrected chi connectivity index (χ1v) is 14.3. The van der Waals surface area contributed by atoms with Gasteiger partial charge in [0.2, 0.25) is 0 Å².